The molecule has 182 valence electrons. The van der Waals surface area contributed by atoms with E-state index in [0.717, 1.165) is 28.8 Å². The molecule has 35 heavy (non-hydrogen) atoms. The van der Waals surface area contributed by atoms with Gasteiger partial charge in [0.15, 0.2) is 0 Å². The van der Waals surface area contributed by atoms with Crippen molar-refractivity contribution in [3.05, 3.63) is 81.6 Å². The number of amides is 1. The summed E-state index contributed by atoms with van der Waals surface area (Å²) in [6, 6.07) is 8.68. The van der Waals surface area contributed by atoms with Crippen LogP contribution in [0.3, 0.4) is 0 Å². The van der Waals surface area contributed by atoms with Crippen LogP contribution in [0.1, 0.15) is 70.5 Å². The van der Waals surface area contributed by atoms with Crippen LogP contribution in [-0.2, 0) is 0 Å². The lowest BCUT2D eigenvalue weighted by atomic mass is 9.73. The van der Waals surface area contributed by atoms with Gasteiger partial charge in [-0.2, -0.15) is 0 Å². The van der Waals surface area contributed by atoms with E-state index in [1.54, 1.807) is 18.2 Å². The van der Waals surface area contributed by atoms with Crippen molar-refractivity contribution in [3.8, 4) is 5.75 Å². The molecule has 2 atom stereocenters. The van der Waals surface area contributed by atoms with Crippen molar-refractivity contribution in [3.63, 3.8) is 0 Å². The van der Waals surface area contributed by atoms with Crippen LogP contribution in [0.2, 0.25) is 0 Å². The number of fused-ring (bicyclic) bond motifs is 2. The van der Waals surface area contributed by atoms with Gasteiger partial charge in [-0.15, -0.1) is 0 Å². The number of aliphatic imine (C=N–C) groups is 1. The average molecular weight is 474 g/mol. The molecule has 0 radical (unpaired) electrons. The fourth-order valence-corrected chi connectivity index (χ4v) is 4.71. The van der Waals surface area contributed by atoms with Crippen LogP contribution in [0.4, 0.5) is 5.69 Å². The number of allylic oxidation sites excluding steroid dienone is 3. The predicted molar refractivity (Wildman–Crippen MR) is 137 cm³/mol. The van der Waals surface area contributed by atoms with Crippen LogP contribution in [0.5, 0.6) is 5.75 Å². The van der Waals surface area contributed by atoms with Crippen LogP contribution in [0.15, 0.2) is 58.8 Å². The fourth-order valence-electron chi connectivity index (χ4n) is 4.71. The molecule has 7 nitrogen and oxygen atoms in total. The lowest BCUT2D eigenvalue weighted by Crippen LogP contribution is -2.29. The first-order valence-corrected chi connectivity index (χ1v) is 11.9. The summed E-state index contributed by atoms with van der Waals surface area (Å²) in [4.78, 5) is 29.5. The topological polar surface area (TPSA) is 114 Å². The number of benzene rings is 2. The second-order valence-corrected chi connectivity index (χ2v) is 8.97. The summed E-state index contributed by atoms with van der Waals surface area (Å²) in [5.41, 5.74) is 11.5. The number of anilines is 1. The normalized spacial score (nSPS) is 19.7. The molecule has 4 N–H and O–H groups in total. The quantitative estimate of drug-likeness (QED) is 0.519. The number of hydrogen-bond donors (Lipinski definition) is 3. The number of nitrogen functional groups attached to an aromatic ring is 1. The van der Waals surface area contributed by atoms with E-state index in [4.69, 9.17) is 10.5 Å². The molecule has 0 saturated heterocycles. The Kier molecular flexibility index (Phi) is 6.78. The number of carbonyl (C=O) groups excluding carboxylic acids is 1. The Morgan fingerprint density at radius 3 is 2.60 bits per heavy atom. The van der Waals surface area contributed by atoms with Gasteiger partial charge in [0.05, 0.1) is 11.3 Å². The molecule has 2 aromatic rings. The molecular weight excluding hydrogens is 442 g/mol. The molecule has 2 unspecified atom stereocenters. The van der Waals surface area contributed by atoms with E-state index < -0.39 is 5.97 Å². The van der Waals surface area contributed by atoms with Gasteiger partial charge in [0.25, 0.3) is 5.91 Å². The summed E-state index contributed by atoms with van der Waals surface area (Å²) in [7, 11) is 0. The zero-order chi connectivity index (χ0) is 25.3. The maximum Gasteiger partial charge on any atom is 0.336 e. The molecule has 0 fully saturated rings. The molecule has 1 aliphatic carbocycles. The van der Waals surface area contributed by atoms with E-state index in [-0.39, 0.29) is 23.3 Å². The standard InChI is InChI=1S/C28H31N3O4/c1-5-9-31-27(32)17-7-8-18(19(12-17)28(33)34)26-20-10-15(3)22(29)13-24(20)35-25-14-23(30-6-2)16(4)11-21(25)26/h7-8,10-14,21,26H,5-6,9,29H2,1-4H3,(H,31,32)(H,33,34)/b30-23-. The maximum atomic E-state index is 12.5. The first-order valence-electron chi connectivity index (χ1n) is 11.9. The van der Waals surface area contributed by atoms with Crippen LogP contribution in [-0.4, -0.2) is 35.8 Å². The third-order valence-electron chi connectivity index (χ3n) is 6.51. The monoisotopic (exact) mass is 473 g/mol. The van der Waals surface area contributed by atoms with Gasteiger partial charge in [0.1, 0.15) is 11.5 Å². The summed E-state index contributed by atoms with van der Waals surface area (Å²) >= 11 is 0. The van der Waals surface area contributed by atoms with Gasteiger partial charge in [-0.05, 0) is 62.1 Å². The van der Waals surface area contributed by atoms with Crippen LogP contribution in [0.25, 0.3) is 0 Å². The predicted octanol–water partition coefficient (Wildman–Crippen LogP) is 4.86. The molecule has 0 spiro atoms. The molecule has 4 rings (SSSR count). The highest BCUT2D eigenvalue weighted by molar-refractivity contribution is 6.09. The van der Waals surface area contributed by atoms with E-state index in [0.29, 0.717) is 41.4 Å². The molecule has 0 bridgehead atoms. The first kappa shape index (κ1) is 24.3. The van der Waals surface area contributed by atoms with Crippen LogP contribution >= 0.6 is 0 Å². The number of aromatic carboxylic acids is 1. The minimum atomic E-state index is -1.08. The Bertz CT molecular complexity index is 1290. The molecular formula is C28H31N3O4. The summed E-state index contributed by atoms with van der Waals surface area (Å²) in [5.74, 6) is -0.623. The van der Waals surface area contributed by atoms with Crippen molar-refractivity contribution in [1.29, 1.82) is 0 Å². The number of nitrogens with two attached hydrogens (primary N) is 1. The molecule has 1 amide bonds. The molecule has 1 heterocycles. The van der Waals surface area contributed by atoms with Crippen molar-refractivity contribution in [2.75, 3.05) is 18.8 Å². The Hall–Kier alpha value is -3.87. The highest BCUT2D eigenvalue weighted by atomic mass is 16.5. The average Bonchev–Trinajstić information content (AvgIpc) is 2.83. The number of aryl methyl sites for hydroxylation is 1. The number of carboxylic acids is 1. The fraction of sp³-hybridized carbons (Fsp3) is 0.321. The van der Waals surface area contributed by atoms with Gasteiger partial charge in [0, 0.05) is 53.9 Å². The van der Waals surface area contributed by atoms with Gasteiger partial charge in [-0.3, -0.25) is 9.79 Å². The van der Waals surface area contributed by atoms with E-state index in [1.165, 1.54) is 6.07 Å². The number of nitrogens with one attached hydrogen (secondary N) is 1. The Morgan fingerprint density at radius 2 is 1.91 bits per heavy atom. The van der Waals surface area contributed by atoms with E-state index >= 15 is 0 Å². The van der Waals surface area contributed by atoms with Gasteiger partial charge < -0.3 is 20.9 Å². The number of hydrogen-bond acceptors (Lipinski definition) is 5. The minimum Gasteiger partial charge on any atom is -0.478 e. The summed E-state index contributed by atoms with van der Waals surface area (Å²) in [5, 5.41) is 13.0. The Morgan fingerprint density at radius 1 is 1.14 bits per heavy atom. The summed E-state index contributed by atoms with van der Waals surface area (Å²) < 4.78 is 6.30. The van der Waals surface area contributed by atoms with Gasteiger partial charge in [-0.25, -0.2) is 4.79 Å². The highest BCUT2D eigenvalue weighted by Gasteiger charge is 2.39. The van der Waals surface area contributed by atoms with Gasteiger partial charge >= 0.3 is 5.97 Å². The van der Waals surface area contributed by atoms with Crippen LogP contribution in [0, 0.1) is 12.8 Å². The van der Waals surface area contributed by atoms with Crippen molar-refractivity contribution in [1.82, 2.24) is 5.32 Å². The second kappa shape index (κ2) is 9.78. The molecule has 2 aromatic carbocycles. The van der Waals surface area contributed by atoms with Gasteiger partial charge in [-0.1, -0.05) is 19.1 Å². The molecule has 7 heteroatoms. The smallest absolute Gasteiger partial charge is 0.336 e. The number of rotatable bonds is 6. The van der Waals surface area contributed by atoms with E-state index in [1.807, 2.05) is 39.8 Å². The summed E-state index contributed by atoms with van der Waals surface area (Å²) in [6.45, 7) is 9.04. The lowest BCUT2D eigenvalue weighted by Gasteiger charge is -2.37. The second-order valence-electron chi connectivity index (χ2n) is 8.97. The van der Waals surface area contributed by atoms with Crippen molar-refractivity contribution in [2.24, 2.45) is 10.9 Å². The zero-order valence-corrected chi connectivity index (χ0v) is 20.5. The Labute approximate surface area is 205 Å². The minimum absolute atomic E-state index is 0.0971. The largest absolute Gasteiger partial charge is 0.478 e. The SMILES string of the molecule is CCCNC(=O)c1ccc(C2c3cc(C)c(N)cc3OC3=C/C(=N/CC)C(C)=CC32)c(C(=O)O)c1. The Balaban J connectivity index is 1.91. The summed E-state index contributed by atoms with van der Waals surface area (Å²) in [6.07, 6.45) is 4.82. The number of nitrogens with zero attached hydrogens (tertiary/aromatic N) is 1. The molecule has 0 saturated carbocycles. The van der Waals surface area contributed by atoms with Crippen molar-refractivity contribution < 1.29 is 19.4 Å². The highest BCUT2D eigenvalue weighted by Crippen LogP contribution is 2.49. The van der Waals surface area contributed by atoms with Gasteiger partial charge in [0.2, 0.25) is 0 Å². The first-order chi connectivity index (χ1) is 16.7. The third-order valence-corrected chi connectivity index (χ3v) is 6.51. The molecule has 0 aromatic heterocycles. The third kappa shape index (κ3) is 4.58. The number of carboxylic acid groups (broad SMARTS) is 1. The molecule has 1 aliphatic heterocycles. The van der Waals surface area contributed by atoms with E-state index in [9.17, 15) is 14.7 Å². The molecule has 2 aliphatic rings. The van der Waals surface area contributed by atoms with Crippen molar-refractivity contribution in [2.45, 2.75) is 40.0 Å². The van der Waals surface area contributed by atoms with Crippen LogP contribution < -0.4 is 15.8 Å². The van der Waals surface area contributed by atoms with Crippen molar-refractivity contribution >= 4 is 23.3 Å². The zero-order valence-electron chi connectivity index (χ0n) is 20.5. The number of carbonyl (C=O) groups is 2. The van der Waals surface area contributed by atoms with E-state index in [2.05, 4.69) is 16.4 Å². The lowest BCUT2D eigenvalue weighted by molar-refractivity contribution is 0.0695. The maximum absolute atomic E-state index is 12.5. The number of ether oxygens (including phenoxy) is 1.